The van der Waals surface area contributed by atoms with Gasteiger partial charge in [-0.3, -0.25) is 4.79 Å². The molecule has 0 aromatic heterocycles. The Labute approximate surface area is 167 Å². The number of amides is 1. The molecule has 0 spiro atoms. The van der Waals surface area contributed by atoms with Gasteiger partial charge in [0.15, 0.2) is 0 Å². The van der Waals surface area contributed by atoms with Gasteiger partial charge in [-0.05, 0) is 46.2 Å². The molecule has 2 rings (SSSR count). The second-order valence-electron chi connectivity index (χ2n) is 5.61. The topological polar surface area (TPSA) is 93.7 Å². The molecule has 0 heterocycles. The third-order valence-electron chi connectivity index (χ3n) is 3.92. The zero-order chi connectivity index (χ0) is 20.0. The minimum absolute atomic E-state index is 0.157. The normalized spacial score (nSPS) is 11.1. The van der Waals surface area contributed by atoms with Gasteiger partial charge in [-0.1, -0.05) is 24.3 Å². The minimum atomic E-state index is -3.41. The second-order valence-corrected chi connectivity index (χ2v) is 8.33. The van der Waals surface area contributed by atoms with Crippen molar-refractivity contribution < 1.29 is 22.7 Å². The van der Waals surface area contributed by atoms with Crippen molar-refractivity contribution in [2.24, 2.45) is 0 Å². The summed E-state index contributed by atoms with van der Waals surface area (Å²) in [5.41, 5.74) is 1.71. The molecule has 2 N–H and O–H groups in total. The van der Waals surface area contributed by atoms with Gasteiger partial charge in [-0.15, -0.1) is 0 Å². The maximum Gasteiger partial charge on any atom is 0.251 e. The Bertz CT molecular complexity index is 906. The summed E-state index contributed by atoms with van der Waals surface area (Å²) in [5.74, 6) is 0.459. The molecule has 146 valence electrons. The maximum absolute atomic E-state index is 12.6. The number of rotatable bonds is 8. The lowest BCUT2D eigenvalue weighted by Gasteiger charge is -2.13. The van der Waals surface area contributed by atoms with Gasteiger partial charge in [0.2, 0.25) is 10.0 Å². The number of carbonyl (C=O) groups excluding carboxylic acids is 1. The van der Waals surface area contributed by atoms with Crippen molar-refractivity contribution in [3.8, 4) is 11.5 Å². The lowest BCUT2D eigenvalue weighted by molar-refractivity contribution is 0.0950. The first-order valence-corrected chi connectivity index (χ1v) is 10.4. The molecule has 0 aliphatic carbocycles. The lowest BCUT2D eigenvalue weighted by Crippen LogP contribution is -2.25. The van der Waals surface area contributed by atoms with E-state index in [0.717, 1.165) is 5.56 Å². The molecule has 0 aliphatic heterocycles. The molecule has 0 fully saturated rings. The predicted octanol–water partition coefficient (Wildman–Crippen LogP) is 2.45. The minimum Gasteiger partial charge on any atom is -0.495 e. The molecule has 0 atom stereocenters. The summed E-state index contributed by atoms with van der Waals surface area (Å²) in [7, 11) is 0.959. The number of methoxy groups -OCH3 is 2. The van der Waals surface area contributed by atoms with Crippen molar-refractivity contribution in [2.75, 3.05) is 21.3 Å². The summed E-state index contributed by atoms with van der Waals surface area (Å²) in [6.45, 7) is 0.189. The molecule has 0 saturated carbocycles. The van der Waals surface area contributed by atoms with Crippen molar-refractivity contribution in [1.29, 1.82) is 0 Å². The van der Waals surface area contributed by atoms with E-state index in [1.165, 1.54) is 21.3 Å². The third kappa shape index (κ3) is 5.44. The molecule has 9 heteroatoms. The Morgan fingerprint density at radius 3 is 2.15 bits per heavy atom. The zero-order valence-corrected chi connectivity index (χ0v) is 17.6. The fourth-order valence-electron chi connectivity index (χ4n) is 2.43. The summed E-state index contributed by atoms with van der Waals surface area (Å²) in [6, 6.07) is 10.3. The maximum atomic E-state index is 12.6. The molecule has 27 heavy (non-hydrogen) atoms. The van der Waals surface area contributed by atoms with E-state index >= 15 is 0 Å². The van der Waals surface area contributed by atoms with E-state index in [2.05, 4.69) is 26.0 Å². The first-order valence-electron chi connectivity index (χ1n) is 7.99. The lowest BCUT2D eigenvalue weighted by atomic mass is 10.1. The molecule has 0 bridgehead atoms. The number of benzene rings is 2. The van der Waals surface area contributed by atoms with Gasteiger partial charge in [0, 0.05) is 12.1 Å². The Morgan fingerprint density at radius 1 is 1.07 bits per heavy atom. The highest BCUT2D eigenvalue weighted by molar-refractivity contribution is 9.10. The number of sulfonamides is 1. The number of halogens is 1. The Hall–Kier alpha value is -2.10. The number of ether oxygens (including phenoxy) is 2. The Kier molecular flexibility index (Phi) is 7.23. The molecular formula is C18H21BrN2O5S. The van der Waals surface area contributed by atoms with Crippen LogP contribution in [0.1, 0.15) is 21.5 Å². The number of hydrogen-bond acceptors (Lipinski definition) is 5. The van der Waals surface area contributed by atoms with Gasteiger partial charge in [0.05, 0.1) is 20.0 Å². The fourth-order valence-corrected chi connectivity index (χ4v) is 3.81. The highest BCUT2D eigenvalue weighted by atomic mass is 79.9. The van der Waals surface area contributed by atoms with E-state index in [1.54, 1.807) is 36.4 Å². The van der Waals surface area contributed by atoms with Crippen LogP contribution in [0.15, 0.2) is 40.9 Å². The zero-order valence-electron chi connectivity index (χ0n) is 15.2. The van der Waals surface area contributed by atoms with Crippen LogP contribution in [-0.2, 0) is 22.3 Å². The number of carbonyl (C=O) groups is 1. The summed E-state index contributed by atoms with van der Waals surface area (Å²) in [6.07, 6.45) is 0. The van der Waals surface area contributed by atoms with Crippen molar-refractivity contribution in [3.05, 3.63) is 57.6 Å². The third-order valence-corrected chi connectivity index (χ3v) is 6.02. The van der Waals surface area contributed by atoms with E-state index in [-0.39, 0.29) is 18.2 Å². The van der Waals surface area contributed by atoms with Crippen LogP contribution in [0.5, 0.6) is 11.5 Å². The molecule has 7 nitrogen and oxygen atoms in total. The molecule has 0 radical (unpaired) electrons. The molecule has 2 aromatic rings. The van der Waals surface area contributed by atoms with Gasteiger partial charge in [-0.2, -0.15) is 0 Å². The van der Waals surface area contributed by atoms with Crippen LogP contribution < -0.4 is 19.5 Å². The first kappa shape index (κ1) is 21.2. The fraction of sp³-hybridized carbons (Fsp3) is 0.278. The van der Waals surface area contributed by atoms with E-state index in [4.69, 9.17) is 9.47 Å². The van der Waals surface area contributed by atoms with Crippen molar-refractivity contribution in [1.82, 2.24) is 10.0 Å². The van der Waals surface area contributed by atoms with E-state index in [1.807, 2.05) is 0 Å². The first-order chi connectivity index (χ1) is 12.8. The van der Waals surface area contributed by atoms with Gasteiger partial charge in [0.25, 0.3) is 5.91 Å². The van der Waals surface area contributed by atoms with Crippen LogP contribution in [0.3, 0.4) is 0 Å². The van der Waals surface area contributed by atoms with Gasteiger partial charge >= 0.3 is 0 Å². The predicted molar refractivity (Wildman–Crippen MR) is 107 cm³/mol. The largest absolute Gasteiger partial charge is 0.495 e. The average molecular weight is 457 g/mol. The highest BCUT2D eigenvalue weighted by Gasteiger charge is 2.16. The summed E-state index contributed by atoms with van der Waals surface area (Å²) >= 11 is 3.36. The average Bonchev–Trinajstić information content (AvgIpc) is 2.67. The highest BCUT2D eigenvalue weighted by Crippen LogP contribution is 2.35. The molecule has 2 aromatic carbocycles. The van der Waals surface area contributed by atoms with Crippen molar-refractivity contribution in [3.63, 3.8) is 0 Å². The van der Waals surface area contributed by atoms with Crippen molar-refractivity contribution >= 4 is 31.9 Å². The van der Waals surface area contributed by atoms with Crippen LogP contribution in [0.2, 0.25) is 0 Å². The van der Waals surface area contributed by atoms with Gasteiger partial charge < -0.3 is 14.8 Å². The quantitative estimate of drug-likeness (QED) is 0.635. The SMILES string of the molecule is CNS(=O)(=O)Cc1ccccc1CNC(=O)c1cc(OC)c(Br)c(OC)c1. The summed E-state index contributed by atoms with van der Waals surface area (Å²) in [5, 5.41) is 2.80. The van der Waals surface area contributed by atoms with Crippen LogP contribution in [-0.4, -0.2) is 35.6 Å². The number of nitrogens with one attached hydrogen (secondary N) is 2. The summed E-state index contributed by atoms with van der Waals surface area (Å²) in [4.78, 5) is 12.6. The molecular weight excluding hydrogens is 436 g/mol. The Morgan fingerprint density at radius 2 is 1.63 bits per heavy atom. The summed E-state index contributed by atoms with van der Waals surface area (Å²) < 4.78 is 37.0. The smallest absolute Gasteiger partial charge is 0.251 e. The second kappa shape index (κ2) is 9.20. The molecule has 0 unspecified atom stereocenters. The van der Waals surface area contributed by atoms with E-state index in [9.17, 15) is 13.2 Å². The number of hydrogen-bond donors (Lipinski definition) is 2. The van der Waals surface area contributed by atoms with Gasteiger partial charge in [-0.25, -0.2) is 13.1 Å². The van der Waals surface area contributed by atoms with Crippen molar-refractivity contribution in [2.45, 2.75) is 12.3 Å². The standard InChI is InChI=1S/C18H21BrN2O5S/c1-20-27(23,24)11-13-7-5-4-6-12(13)10-21-18(22)14-8-15(25-2)17(19)16(9-14)26-3/h4-9,20H,10-11H2,1-3H3,(H,21,22). The van der Waals surface area contributed by atoms with Crippen LogP contribution in [0.25, 0.3) is 0 Å². The van der Waals surface area contributed by atoms with Crippen LogP contribution in [0.4, 0.5) is 0 Å². The monoisotopic (exact) mass is 456 g/mol. The van der Waals surface area contributed by atoms with Crippen LogP contribution in [0, 0.1) is 0 Å². The van der Waals surface area contributed by atoms with Crippen LogP contribution >= 0.6 is 15.9 Å². The van der Waals surface area contributed by atoms with E-state index in [0.29, 0.717) is 27.1 Å². The molecule has 0 aliphatic rings. The van der Waals surface area contributed by atoms with E-state index < -0.39 is 10.0 Å². The molecule has 0 saturated heterocycles. The van der Waals surface area contributed by atoms with Gasteiger partial charge in [0.1, 0.15) is 16.0 Å². The molecule has 1 amide bonds. The Balaban J connectivity index is 2.19.